The number of amides is 2. The minimum Gasteiger partial charge on any atom is -0.497 e. The van der Waals surface area contributed by atoms with Gasteiger partial charge in [-0.1, -0.05) is 72.9 Å². The number of rotatable bonds is 10. The first kappa shape index (κ1) is 33.8. The van der Waals surface area contributed by atoms with Gasteiger partial charge >= 0.3 is 0 Å². The maximum Gasteiger partial charge on any atom is 0.264 e. The highest BCUT2D eigenvalue weighted by atomic mass is 28.3. The molecule has 3 aliphatic heterocycles. The third-order valence-electron chi connectivity index (χ3n) is 10.9. The molecule has 1 spiro atoms. The van der Waals surface area contributed by atoms with E-state index >= 15 is 0 Å². The number of likely N-dealkylation sites (N-methyl/N-ethyl adjacent to an activating group) is 1. The molecule has 1 aromatic heterocycles. The van der Waals surface area contributed by atoms with Crippen molar-refractivity contribution in [2.75, 3.05) is 30.7 Å². The summed E-state index contributed by atoms with van der Waals surface area (Å²) in [6, 6.07) is 24.0. The molecule has 0 saturated carbocycles. The Bertz CT molecular complexity index is 1930. The molecular formula is C38H44N6O5Si. The number of aliphatic hydroxyl groups excluding tert-OH is 1. The number of aliphatic hydroxyl groups is 1. The molecule has 3 aliphatic rings. The van der Waals surface area contributed by atoms with E-state index in [2.05, 4.69) is 42.5 Å². The molecule has 50 heavy (non-hydrogen) atoms. The molecule has 0 radical (unpaired) electrons. The van der Waals surface area contributed by atoms with E-state index in [-0.39, 0.29) is 36.0 Å². The van der Waals surface area contributed by atoms with Crippen LogP contribution in [0.3, 0.4) is 0 Å². The van der Waals surface area contributed by atoms with Gasteiger partial charge in [-0.25, -0.2) is 5.01 Å². The molecule has 3 aromatic carbocycles. The second-order valence-electron chi connectivity index (χ2n) is 14.1. The Morgan fingerprint density at radius 1 is 1.04 bits per heavy atom. The van der Waals surface area contributed by atoms with Crippen molar-refractivity contribution in [2.24, 2.45) is 11.0 Å². The Morgan fingerprint density at radius 3 is 2.52 bits per heavy atom. The fraction of sp³-hybridized carbons (Fsp3) is 0.395. The highest BCUT2D eigenvalue weighted by Gasteiger charge is 2.65. The van der Waals surface area contributed by atoms with Crippen LogP contribution in [-0.4, -0.2) is 72.6 Å². The molecule has 1 fully saturated rings. The average Bonchev–Trinajstić information content (AvgIpc) is 3.77. The topological polar surface area (TPSA) is 122 Å². The van der Waals surface area contributed by atoms with E-state index < -0.39 is 13.7 Å². The molecule has 12 heteroatoms. The van der Waals surface area contributed by atoms with Crippen LogP contribution in [0.1, 0.15) is 43.0 Å². The van der Waals surface area contributed by atoms with Crippen LogP contribution in [0.25, 0.3) is 0 Å². The largest absolute Gasteiger partial charge is 0.497 e. The molecule has 0 aliphatic carbocycles. The molecule has 7 rings (SSSR count). The quantitative estimate of drug-likeness (QED) is 0.241. The van der Waals surface area contributed by atoms with Crippen molar-refractivity contribution in [1.82, 2.24) is 15.0 Å². The van der Waals surface area contributed by atoms with E-state index in [0.717, 1.165) is 34.0 Å². The molecule has 11 nitrogen and oxygen atoms in total. The summed E-state index contributed by atoms with van der Waals surface area (Å²) in [6.07, 6.45) is 3.56. The fourth-order valence-corrected chi connectivity index (χ4v) is 12.4. The molecule has 1 saturated heterocycles. The Balaban J connectivity index is 1.30. The maximum atomic E-state index is 14.6. The highest BCUT2D eigenvalue weighted by molar-refractivity contribution is 6.91. The van der Waals surface area contributed by atoms with Gasteiger partial charge in [0.2, 0.25) is 5.91 Å². The van der Waals surface area contributed by atoms with Crippen molar-refractivity contribution in [3.05, 3.63) is 95.8 Å². The summed E-state index contributed by atoms with van der Waals surface area (Å²) < 4.78 is 14.5. The van der Waals surface area contributed by atoms with Crippen molar-refractivity contribution in [3.63, 3.8) is 0 Å². The van der Waals surface area contributed by atoms with Gasteiger partial charge in [0.25, 0.3) is 5.91 Å². The number of hydrogen-bond donors (Lipinski definition) is 1. The highest BCUT2D eigenvalue weighted by Crippen LogP contribution is 2.60. The number of hydrogen-bond acceptors (Lipinski definition) is 8. The van der Waals surface area contributed by atoms with E-state index in [4.69, 9.17) is 14.6 Å². The maximum absolute atomic E-state index is 14.6. The van der Waals surface area contributed by atoms with Crippen molar-refractivity contribution in [3.8, 4) is 5.75 Å². The van der Waals surface area contributed by atoms with Gasteiger partial charge in [0.15, 0.2) is 5.60 Å². The molecule has 2 amide bonds. The first-order chi connectivity index (χ1) is 24.1. The number of methoxy groups -OCH3 is 1. The molecule has 4 atom stereocenters. The van der Waals surface area contributed by atoms with Gasteiger partial charge in [-0.15, -0.1) is 5.10 Å². The Hall–Kier alpha value is -4.65. The number of anilines is 2. The van der Waals surface area contributed by atoms with Gasteiger partial charge < -0.3 is 19.5 Å². The van der Waals surface area contributed by atoms with Crippen LogP contribution >= 0.6 is 0 Å². The van der Waals surface area contributed by atoms with E-state index in [1.54, 1.807) is 23.7 Å². The molecule has 260 valence electrons. The zero-order chi connectivity index (χ0) is 35.2. The van der Waals surface area contributed by atoms with Crippen LogP contribution in [0.15, 0.2) is 84.1 Å². The average molecular weight is 693 g/mol. The Morgan fingerprint density at radius 2 is 1.80 bits per heavy atom. The third kappa shape index (κ3) is 5.64. The molecule has 4 aromatic rings. The summed E-state index contributed by atoms with van der Waals surface area (Å²) in [5, 5.41) is 25.5. The van der Waals surface area contributed by atoms with Crippen molar-refractivity contribution < 1.29 is 24.2 Å². The summed E-state index contributed by atoms with van der Waals surface area (Å²) in [5.41, 5.74) is 3.51. The van der Waals surface area contributed by atoms with Crippen LogP contribution in [-0.2, 0) is 32.9 Å². The molecule has 1 N–H and O–H groups in total. The number of nitrogens with zero attached hydrogens (tertiary/aromatic N) is 6. The van der Waals surface area contributed by atoms with Gasteiger partial charge in [0, 0.05) is 57.1 Å². The van der Waals surface area contributed by atoms with E-state index in [1.807, 2.05) is 66.9 Å². The number of hydrazone groups is 1. The number of aryl methyl sites for hydroxylation is 1. The van der Waals surface area contributed by atoms with Gasteiger partial charge in [0.1, 0.15) is 5.75 Å². The third-order valence-corrected chi connectivity index (χ3v) is 15.3. The number of carbonyl (C=O) groups is 2. The predicted octanol–water partition coefficient (Wildman–Crippen LogP) is 4.64. The number of ether oxygens (including phenoxy) is 2. The summed E-state index contributed by atoms with van der Waals surface area (Å²) in [5.74, 6) is 0.415. The molecule has 4 heterocycles. The second kappa shape index (κ2) is 13.2. The fourth-order valence-electron chi connectivity index (χ4n) is 8.34. The summed E-state index contributed by atoms with van der Waals surface area (Å²) in [4.78, 5) is 29.7. The molecule has 0 bridgehead atoms. The SMILES string of the molecule is COc1ccc([Si](C)(C)[C@@H]2[C@@H](CCn3cc(CCO)nn3)O[C@]3(C(=O)N(C)c4ccc(N5N=C(c6ccccc6)CCC5=O)cc43)[C@H]2C)cc1. The summed E-state index contributed by atoms with van der Waals surface area (Å²) in [6.45, 7) is 7.42. The number of aromatic nitrogens is 3. The van der Waals surface area contributed by atoms with Crippen LogP contribution in [0.2, 0.25) is 18.6 Å². The number of fused-ring (bicyclic) bond motifs is 2. The minimum atomic E-state index is -2.34. The predicted molar refractivity (Wildman–Crippen MR) is 195 cm³/mol. The van der Waals surface area contributed by atoms with E-state index in [1.165, 1.54) is 10.2 Å². The number of carbonyl (C=O) groups excluding carboxylic acids is 2. The summed E-state index contributed by atoms with van der Waals surface area (Å²) >= 11 is 0. The van der Waals surface area contributed by atoms with Crippen molar-refractivity contribution in [1.29, 1.82) is 0 Å². The van der Waals surface area contributed by atoms with Gasteiger partial charge in [-0.3, -0.25) is 14.3 Å². The lowest BCUT2D eigenvalue weighted by Crippen LogP contribution is -2.51. The minimum absolute atomic E-state index is 0.00706. The molecule has 0 unspecified atom stereocenters. The Labute approximate surface area is 293 Å². The van der Waals surface area contributed by atoms with Crippen LogP contribution in [0.5, 0.6) is 5.75 Å². The first-order valence-electron chi connectivity index (χ1n) is 17.3. The Kier molecular flexibility index (Phi) is 8.95. The van der Waals surface area contributed by atoms with Crippen LogP contribution < -0.4 is 19.8 Å². The standard InChI is InChI=1S/C38H44N6O5Si/c1-25-36(50(4,5)30-14-12-29(48-3)13-15-30)34(19-21-43-24-27(20-22-45)39-41-43)49-38(25)31-23-28(11-17-33(31)42(2)37(38)47)44-35(46)18-16-32(40-44)26-9-7-6-8-10-26/h6-15,17,23-25,34,36,45H,16,18-22H2,1-5H3/t25-,34+,36-,38+/m0/s1. The second-order valence-corrected chi connectivity index (χ2v) is 18.8. The first-order valence-corrected chi connectivity index (χ1v) is 20.4. The van der Waals surface area contributed by atoms with Crippen LogP contribution in [0, 0.1) is 5.92 Å². The summed E-state index contributed by atoms with van der Waals surface area (Å²) in [7, 11) is 1.13. The van der Waals surface area contributed by atoms with E-state index in [0.29, 0.717) is 37.9 Å². The van der Waals surface area contributed by atoms with E-state index in [9.17, 15) is 14.7 Å². The normalized spacial score (nSPS) is 23.5. The van der Waals surface area contributed by atoms with Crippen molar-refractivity contribution in [2.45, 2.75) is 69.5 Å². The zero-order valence-electron chi connectivity index (χ0n) is 29.2. The lowest BCUT2D eigenvalue weighted by molar-refractivity contribution is -0.145. The van der Waals surface area contributed by atoms with Gasteiger partial charge in [0.05, 0.1) is 44.1 Å². The monoisotopic (exact) mass is 692 g/mol. The lowest BCUT2D eigenvalue weighted by atomic mass is 9.82. The lowest BCUT2D eigenvalue weighted by Gasteiger charge is -2.37. The van der Waals surface area contributed by atoms with Gasteiger partial charge in [-0.2, -0.15) is 5.10 Å². The van der Waals surface area contributed by atoms with Crippen LogP contribution in [0.4, 0.5) is 11.4 Å². The molecular weight excluding hydrogens is 649 g/mol. The van der Waals surface area contributed by atoms with Gasteiger partial charge in [-0.05, 0) is 47.9 Å². The van der Waals surface area contributed by atoms with Crippen molar-refractivity contribution >= 4 is 42.2 Å². The smallest absolute Gasteiger partial charge is 0.264 e. The number of benzene rings is 3. The zero-order valence-corrected chi connectivity index (χ0v) is 30.2.